The molecule has 1 aliphatic heterocycles. The third kappa shape index (κ3) is 3.41. The van der Waals surface area contributed by atoms with Gasteiger partial charge in [0.25, 0.3) is 0 Å². The first-order chi connectivity index (χ1) is 13.9. The number of carbonyl (C=O) groups is 1. The molecule has 0 aromatic heterocycles. The second kappa shape index (κ2) is 7.82. The van der Waals surface area contributed by atoms with Crippen LogP contribution in [0.4, 0.5) is 0 Å². The van der Waals surface area contributed by atoms with E-state index in [2.05, 4.69) is 5.32 Å². The number of halogens is 2. The quantitative estimate of drug-likeness (QED) is 0.644. The Bertz CT molecular complexity index is 917. The molecule has 1 aliphatic carbocycles. The molecular weight excluding hydrogens is 409 g/mol. The molecule has 29 heavy (non-hydrogen) atoms. The number of rotatable bonds is 4. The SMILES string of the molecule is CC1NC(=O)C2(CCO)CCC(c3ccc(O)cc3Cl)C(c3ccc(Cl)cc3)C12. The van der Waals surface area contributed by atoms with Gasteiger partial charge < -0.3 is 15.5 Å². The molecule has 154 valence electrons. The number of benzene rings is 2. The van der Waals surface area contributed by atoms with E-state index >= 15 is 0 Å². The van der Waals surface area contributed by atoms with E-state index in [1.165, 1.54) is 0 Å². The molecule has 3 N–H and O–H groups in total. The van der Waals surface area contributed by atoms with Gasteiger partial charge in [-0.1, -0.05) is 41.4 Å². The summed E-state index contributed by atoms with van der Waals surface area (Å²) in [5.41, 5.74) is 1.51. The average Bonchev–Trinajstić information content (AvgIpc) is 2.93. The molecular formula is C23H25Cl2NO3. The predicted molar refractivity (Wildman–Crippen MR) is 115 cm³/mol. The van der Waals surface area contributed by atoms with Gasteiger partial charge in [-0.15, -0.1) is 0 Å². The Hall–Kier alpha value is -1.75. The lowest BCUT2D eigenvalue weighted by Crippen LogP contribution is -2.44. The third-order valence-electron chi connectivity index (χ3n) is 6.91. The number of amides is 1. The van der Waals surface area contributed by atoms with Crippen LogP contribution in [0.15, 0.2) is 42.5 Å². The first-order valence-corrected chi connectivity index (χ1v) is 10.8. The van der Waals surface area contributed by atoms with E-state index in [1.807, 2.05) is 37.3 Å². The van der Waals surface area contributed by atoms with Crippen molar-refractivity contribution >= 4 is 29.1 Å². The van der Waals surface area contributed by atoms with Crippen molar-refractivity contribution < 1.29 is 15.0 Å². The molecule has 4 rings (SSSR count). The monoisotopic (exact) mass is 433 g/mol. The largest absolute Gasteiger partial charge is 0.508 e. The summed E-state index contributed by atoms with van der Waals surface area (Å²) in [7, 11) is 0. The molecule has 0 radical (unpaired) electrons. The minimum atomic E-state index is -0.585. The highest BCUT2D eigenvalue weighted by molar-refractivity contribution is 6.31. The molecule has 1 heterocycles. The first-order valence-electron chi connectivity index (χ1n) is 10.0. The highest BCUT2D eigenvalue weighted by Gasteiger charge is 2.59. The molecule has 5 atom stereocenters. The maximum atomic E-state index is 13.0. The van der Waals surface area contributed by atoms with Crippen LogP contribution in [0.1, 0.15) is 49.1 Å². The van der Waals surface area contributed by atoms with Crippen LogP contribution in [0.5, 0.6) is 5.75 Å². The van der Waals surface area contributed by atoms with Gasteiger partial charge in [-0.25, -0.2) is 0 Å². The van der Waals surface area contributed by atoms with Crippen LogP contribution in [-0.4, -0.2) is 28.8 Å². The van der Waals surface area contributed by atoms with Crippen molar-refractivity contribution in [2.24, 2.45) is 11.3 Å². The van der Waals surface area contributed by atoms with E-state index in [1.54, 1.807) is 12.1 Å². The summed E-state index contributed by atoms with van der Waals surface area (Å²) in [6.45, 7) is 2.03. The number of carbonyl (C=O) groups excluding carboxylic acids is 1. The van der Waals surface area contributed by atoms with E-state index < -0.39 is 5.41 Å². The zero-order valence-electron chi connectivity index (χ0n) is 16.2. The molecule has 2 aromatic carbocycles. The smallest absolute Gasteiger partial charge is 0.226 e. The summed E-state index contributed by atoms with van der Waals surface area (Å²) in [5.74, 6) is 0.323. The van der Waals surface area contributed by atoms with Gasteiger partial charge in [-0.3, -0.25) is 4.79 Å². The van der Waals surface area contributed by atoms with Crippen molar-refractivity contribution in [3.63, 3.8) is 0 Å². The van der Waals surface area contributed by atoms with Crippen LogP contribution < -0.4 is 5.32 Å². The molecule has 0 spiro atoms. The van der Waals surface area contributed by atoms with Crippen LogP contribution in [0.25, 0.3) is 0 Å². The molecule has 1 saturated carbocycles. The number of aromatic hydroxyl groups is 1. The highest BCUT2D eigenvalue weighted by Crippen LogP contribution is 2.60. The zero-order chi connectivity index (χ0) is 20.8. The second-order valence-corrected chi connectivity index (χ2v) is 9.19. The van der Waals surface area contributed by atoms with E-state index in [0.717, 1.165) is 17.5 Å². The maximum absolute atomic E-state index is 13.0. The molecule has 4 nitrogen and oxygen atoms in total. The van der Waals surface area contributed by atoms with Crippen LogP contribution in [0, 0.1) is 11.3 Å². The lowest BCUT2D eigenvalue weighted by atomic mass is 9.54. The van der Waals surface area contributed by atoms with Gasteiger partial charge in [0.05, 0.1) is 5.41 Å². The molecule has 2 aromatic rings. The lowest BCUT2D eigenvalue weighted by molar-refractivity contribution is -0.132. The standard InChI is InChI=1S/C23H25Cl2NO3/c1-13-21-20(14-2-4-15(24)5-3-14)18(17-7-6-16(28)12-19(17)25)8-9-23(21,10-11-27)22(29)26-13/h2-7,12-13,18,20-21,27-28H,8-11H2,1H3,(H,26,29). The molecule has 6 heteroatoms. The summed E-state index contributed by atoms with van der Waals surface area (Å²) in [6.07, 6.45) is 1.92. The van der Waals surface area contributed by atoms with Crippen molar-refractivity contribution in [3.8, 4) is 5.75 Å². The van der Waals surface area contributed by atoms with E-state index in [9.17, 15) is 15.0 Å². The number of aliphatic hydroxyl groups excluding tert-OH is 1. The average molecular weight is 434 g/mol. The number of fused-ring (bicyclic) bond motifs is 1. The molecule has 2 fully saturated rings. The van der Waals surface area contributed by atoms with Gasteiger partial charge in [0, 0.05) is 28.6 Å². The highest BCUT2D eigenvalue weighted by atomic mass is 35.5. The minimum Gasteiger partial charge on any atom is -0.508 e. The van der Waals surface area contributed by atoms with Gasteiger partial charge >= 0.3 is 0 Å². The van der Waals surface area contributed by atoms with Gasteiger partial charge in [0.2, 0.25) is 5.91 Å². The number of phenols is 1. The van der Waals surface area contributed by atoms with Crippen molar-refractivity contribution in [1.82, 2.24) is 5.32 Å². The molecule has 1 saturated heterocycles. The summed E-state index contributed by atoms with van der Waals surface area (Å²) >= 11 is 12.7. The molecule has 5 unspecified atom stereocenters. The fourth-order valence-electron chi connectivity index (χ4n) is 5.74. The third-order valence-corrected chi connectivity index (χ3v) is 7.49. The number of nitrogens with one attached hydrogen (secondary N) is 1. The molecule has 2 aliphatic rings. The second-order valence-electron chi connectivity index (χ2n) is 8.35. The number of phenolic OH excluding ortho intramolecular Hbond substituents is 1. The van der Waals surface area contributed by atoms with Gasteiger partial charge in [-0.2, -0.15) is 0 Å². The Kier molecular flexibility index (Phi) is 5.54. The van der Waals surface area contributed by atoms with Crippen LogP contribution in [0.2, 0.25) is 10.0 Å². The van der Waals surface area contributed by atoms with Crippen LogP contribution >= 0.6 is 23.2 Å². The van der Waals surface area contributed by atoms with E-state index in [0.29, 0.717) is 22.9 Å². The normalized spacial score (nSPS) is 31.4. The summed E-state index contributed by atoms with van der Waals surface area (Å²) in [5, 5.41) is 23.9. The van der Waals surface area contributed by atoms with Gasteiger partial charge in [-0.05, 0) is 73.4 Å². The van der Waals surface area contributed by atoms with Crippen LogP contribution in [-0.2, 0) is 4.79 Å². The first kappa shape index (κ1) is 20.5. The van der Waals surface area contributed by atoms with E-state index in [-0.39, 0.29) is 42.1 Å². The minimum absolute atomic E-state index is 0.0192. The van der Waals surface area contributed by atoms with Crippen molar-refractivity contribution in [2.45, 2.75) is 44.1 Å². The Morgan fingerprint density at radius 2 is 1.90 bits per heavy atom. The van der Waals surface area contributed by atoms with Gasteiger partial charge in [0.1, 0.15) is 5.75 Å². The van der Waals surface area contributed by atoms with Gasteiger partial charge in [0.15, 0.2) is 0 Å². The molecule has 1 amide bonds. The topological polar surface area (TPSA) is 69.6 Å². The number of hydrogen-bond donors (Lipinski definition) is 3. The summed E-state index contributed by atoms with van der Waals surface area (Å²) < 4.78 is 0. The van der Waals surface area contributed by atoms with Crippen molar-refractivity contribution in [3.05, 3.63) is 63.6 Å². The number of aliphatic hydroxyl groups is 1. The van der Waals surface area contributed by atoms with Crippen molar-refractivity contribution in [2.75, 3.05) is 6.61 Å². The lowest BCUT2D eigenvalue weighted by Gasteiger charge is -2.47. The Morgan fingerprint density at radius 3 is 2.55 bits per heavy atom. The zero-order valence-corrected chi connectivity index (χ0v) is 17.7. The van der Waals surface area contributed by atoms with Crippen LogP contribution in [0.3, 0.4) is 0 Å². The number of hydrogen-bond acceptors (Lipinski definition) is 3. The van der Waals surface area contributed by atoms with Crippen molar-refractivity contribution in [1.29, 1.82) is 0 Å². The summed E-state index contributed by atoms with van der Waals surface area (Å²) in [6, 6.07) is 12.9. The fourth-order valence-corrected chi connectivity index (χ4v) is 6.18. The Morgan fingerprint density at radius 1 is 1.17 bits per heavy atom. The summed E-state index contributed by atoms with van der Waals surface area (Å²) in [4.78, 5) is 13.0. The predicted octanol–water partition coefficient (Wildman–Crippen LogP) is 4.86. The maximum Gasteiger partial charge on any atom is 0.226 e. The molecule has 0 bridgehead atoms. The Labute approximate surface area is 180 Å². The fraction of sp³-hybridized carbons (Fsp3) is 0.435. The van der Waals surface area contributed by atoms with E-state index in [4.69, 9.17) is 23.2 Å². The Balaban J connectivity index is 1.86.